The SMILES string of the molecule is O=C(Nc1ccc(OS(=O)(=O)c2ccccc2)cc1)Nc1cccc(OS(=O)(=O)c2ccccc2)c1. The summed E-state index contributed by atoms with van der Waals surface area (Å²) in [6, 6.07) is 26.5. The molecule has 0 aromatic heterocycles. The first-order chi connectivity index (χ1) is 17.2. The zero-order valence-corrected chi connectivity index (χ0v) is 20.2. The number of hydrogen-bond acceptors (Lipinski definition) is 7. The van der Waals surface area contributed by atoms with Crippen molar-refractivity contribution in [1.29, 1.82) is 0 Å². The van der Waals surface area contributed by atoms with E-state index in [0.29, 0.717) is 11.4 Å². The zero-order valence-electron chi connectivity index (χ0n) is 18.6. The van der Waals surface area contributed by atoms with E-state index in [9.17, 15) is 21.6 Å². The fourth-order valence-electron chi connectivity index (χ4n) is 3.04. The number of amides is 2. The Bertz CT molecular complexity index is 1560. The van der Waals surface area contributed by atoms with E-state index in [0.717, 1.165) is 0 Å². The molecule has 184 valence electrons. The minimum Gasteiger partial charge on any atom is -0.379 e. The molecule has 0 bridgehead atoms. The topological polar surface area (TPSA) is 128 Å². The van der Waals surface area contributed by atoms with Gasteiger partial charge in [-0.05, 0) is 60.7 Å². The van der Waals surface area contributed by atoms with Crippen LogP contribution in [0.4, 0.5) is 16.2 Å². The van der Waals surface area contributed by atoms with Crippen LogP contribution in [0.15, 0.2) is 119 Å². The van der Waals surface area contributed by atoms with Gasteiger partial charge in [0.15, 0.2) is 0 Å². The van der Waals surface area contributed by atoms with Crippen LogP contribution in [0.25, 0.3) is 0 Å². The summed E-state index contributed by atoms with van der Waals surface area (Å²) in [5.41, 5.74) is 0.665. The van der Waals surface area contributed by atoms with Crippen LogP contribution >= 0.6 is 0 Å². The first-order valence-corrected chi connectivity index (χ1v) is 13.3. The Labute approximate surface area is 208 Å². The van der Waals surface area contributed by atoms with Crippen molar-refractivity contribution in [2.24, 2.45) is 0 Å². The number of nitrogens with one attached hydrogen (secondary N) is 2. The largest absolute Gasteiger partial charge is 0.379 e. The Morgan fingerprint density at radius 2 is 1.03 bits per heavy atom. The molecule has 0 aliphatic carbocycles. The standard InChI is InChI=1S/C25H20N2O7S2/c28-25(26-19-14-16-21(17-15-19)33-35(29,30)23-10-3-1-4-11-23)27-20-8-7-9-22(18-20)34-36(31,32)24-12-5-2-6-13-24/h1-18H,(H2,26,27,28). The van der Waals surface area contributed by atoms with E-state index < -0.39 is 26.3 Å². The van der Waals surface area contributed by atoms with Gasteiger partial charge in [0.05, 0.1) is 0 Å². The molecule has 36 heavy (non-hydrogen) atoms. The Morgan fingerprint density at radius 1 is 0.528 bits per heavy atom. The van der Waals surface area contributed by atoms with Crippen LogP contribution in [-0.2, 0) is 20.2 Å². The zero-order chi connectivity index (χ0) is 25.6. The predicted octanol–water partition coefficient (Wildman–Crippen LogP) is 4.87. The maximum absolute atomic E-state index is 12.4. The predicted molar refractivity (Wildman–Crippen MR) is 134 cm³/mol. The van der Waals surface area contributed by atoms with Gasteiger partial charge < -0.3 is 19.0 Å². The van der Waals surface area contributed by atoms with Gasteiger partial charge in [0.25, 0.3) is 0 Å². The first kappa shape index (κ1) is 24.8. The summed E-state index contributed by atoms with van der Waals surface area (Å²) in [5.74, 6) is 0.104. The van der Waals surface area contributed by atoms with E-state index in [2.05, 4.69) is 10.6 Å². The lowest BCUT2D eigenvalue weighted by molar-refractivity contribution is 0.262. The molecule has 4 aromatic rings. The van der Waals surface area contributed by atoms with Gasteiger partial charge in [0.1, 0.15) is 21.3 Å². The molecule has 4 aromatic carbocycles. The number of carbonyl (C=O) groups excluding carboxylic acids is 1. The second-order valence-electron chi connectivity index (χ2n) is 7.33. The summed E-state index contributed by atoms with van der Waals surface area (Å²) < 4.78 is 59.7. The lowest BCUT2D eigenvalue weighted by Crippen LogP contribution is -2.19. The Morgan fingerprint density at radius 3 is 1.58 bits per heavy atom. The van der Waals surface area contributed by atoms with Gasteiger partial charge in [0, 0.05) is 17.4 Å². The Kier molecular flexibility index (Phi) is 7.23. The molecule has 2 amide bonds. The van der Waals surface area contributed by atoms with E-state index in [1.807, 2.05) is 0 Å². The quantitative estimate of drug-likeness (QED) is 0.315. The van der Waals surface area contributed by atoms with Gasteiger partial charge in [-0.1, -0.05) is 42.5 Å². The average molecular weight is 525 g/mol. The van der Waals surface area contributed by atoms with E-state index in [4.69, 9.17) is 8.37 Å². The van der Waals surface area contributed by atoms with Gasteiger partial charge in [-0.2, -0.15) is 16.8 Å². The molecule has 11 heteroatoms. The molecule has 0 saturated heterocycles. The van der Waals surface area contributed by atoms with Gasteiger partial charge in [-0.15, -0.1) is 0 Å². The molecule has 0 aliphatic rings. The van der Waals surface area contributed by atoms with Gasteiger partial charge in [-0.25, -0.2) is 4.79 Å². The average Bonchev–Trinajstić information content (AvgIpc) is 2.86. The fourth-order valence-corrected chi connectivity index (χ4v) is 4.93. The third-order valence-corrected chi connectivity index (χ3v) is 7.20. The molecule has 0 atom stereocenters. The molecule has 0 saturated carbocycles. The monoisotopic (exact) mass is 524 g/mol. The van der Waals surface area contributed by atoms with Crippen molar-refractivity contribution < 1.29 is 30.0 Å². The molecule has 0 radical (unpaired) electrons. The summed E-state index contributed by atoms with van der Waals surface area (Å²) in [5, 5.41) is 5.17. The fraction of sp³-hybridized carbons (Fsp3) is 0. The van der Waals surface area contributed by atoms with Crippen LogP contribution in [0, 0.1) is 0 Å². The van der Waals surface area contributed by atoms with Crippen LogP contribution in [0.3, 0.4) is 0 Å². The molecule has 0 unspecified atom stereocenters. The van der Waals surface area contributed by atoms with Crippen LogP contribution in [-0.4, -0.2) is 22.9 Å². The second-order valence-corrected chi connectivity index (χ2v) is 10.4. The number of carbonyl (C=O) groups is 1. The number of benzene rings is 4. The summed E-state index contributed by atoms with van der Waals surface area (Å²) in [6.07, 6.45) is 0. The van der Waals surface area contributed by atoms with Crippen molar-refractivity contribution in [2.45, 2.75) is 9.79 Å². The van der Waals surface area contributed by atoms with Crippen molar-refractivity contribution in [3.63, 3.8) is 0 Å². The molecule has 0 spiro atoms. The molecule has 0 fully saturated rings. The highest BCUT2D eigenvalue weighted by atomic mass is 32.2. The van der Waals surface area contributed by atoms with E-state index in [1.54, 1.807) is 42.5 Å². The van der Waals surface area contributed by atoms with Crippen molar-refractivity contribution in [3.8, 4) is 11.5 Å². The van der Waals surface area contributed by atoms with Crippen molar-refractivity contribution >= 4 is 37.6 Å². The summed E-state index contributed by atoms with van der Waals surface area (Å²) in [7, 11) is -8.00. The highest BCUT2D eigenvalue weighted by Crippen LogP contribution is 2.23. The highest BCUT2D eigenvalue weighted by molar-refractivity contribution is 7.87. The summed E-state index contributed by atoms with van der Waals surface area (Å²) >= 11 is 0. The summed E-state index contributed by atoms with van der Waals surface area (Å²) in [4.78, 5) is 12.4. The Hall–Kier alpha value is -4.35. The van der Waals surface area contributed by atoms with Crippen LogP contribution in [0.2, 0.25) is 0 Å². The maximum atomic E-state index is 12.4. The van der Waals surface area contributed by atoms with Gasteiger partial charge >= 0.3 is 26.3 Å². The van der Waals surface area contributed by atoms with Crippen LogP contribution in [0.5, 0.6) is 11.5 Å². The number of rotatable bonds is 8. The van der Waals surface area contributed by atoms with E-state index in [1.165, 1.54) is 66.7 Å². The number of anilines is 2. The third kappa shape index (κ3) is 6.40. The minimum atomic E-state index is -4.03. The van der Waals surface area contributed by atoms with Crippen molar-refractivity contribution in [2.75, 3.05) is 10.6 Å². The maximum Gasteiger partial charge on any atom is 0.339 e. The first-order valence-electron chi connectivity index (χ1n) is 10.5. The molecule has 2 N–H and O–H groups in total. The third-order valence-electron chi connectivity index (χ3n) is 4.68. The molecule has 0 heterocycles. The normalized spacial score (nSPS) is 11.3. The molecule has 9 nitrogen and oxygen atoms in total. The lowest BCUT2D eigenvalue weighted by Gasteiger charge is -2.11. The van der Waals surface area contributed by atoms with E-state index >= 15 is 0 Å². The van der Waals surface area contributed by atoms with E-state index in [-0.39, 0.29) is 21.3 Å². The second kappa shape index (κ2) is 10.5. The smallest absolute Gasteiger partial charge is 0.339 e. The van der Waals surface area contributed by atoms with Gasteiger partial charge in [0.2, 0.25) is 0 Å². The molecule has 0 aliphatic heterocycles. The lowest BCUT2D eigenvalue weighted by atomic mass is 10.3. The number of hydrogen-bond donors (Lipinski definition) is 2. The number of urea groups is 1. The molecular formula is C25H20N2O7S2. The van der Waals surface area contributed by atoms with Gasteiger partial charge in [-0.3, -0.25) is 0 Å². The van der Waals surface area contributed by atoms with Crippen LogP contribution < -0.4 is 19.0 Å². The molecule has 4 rings (SSSR count). The summed E-state index contributed by atoms with van der Waals surface area (Å²) in [6.45, 7) is 0. The van der Waals surface area contributed by atoms with Crippen LogP contribution in [0.1, 0.15) is 0 Å². The van der Waals surface area contributed by atoms with Crippen molar-refractivity contribution in [3.05, 3.63) is 109 Å². The minimum absolute atomic E-state index is 0.00472. The molecular weight excluding hydrogens is 504 g/mol. The Balaban J connectivity index is 1.36. The van der Waals surface area contributed by atoms with Crippen molar-refractivity contribution in [1.82, 2.24) is 0 Å². The highest BCUT2D eigenvalue weighted by Gasteiger charge is 2.17.